The molecule has 1 atom stereocenters. The molecule has 0 spiro atoms. The Kier molecular flexibility index (Phi) is 4.70. The molecule has 0 saturated carbocycles. The van der Waals surface area contributed by atoms with Crippen LogP contribution in [0.25, 0.3) is 0 Å². The van der Waals surface area contributed by atoms with Crippen LogP contribution < -0.4 is 10.1 Å². The molecule has 0 bridgehead atoms. The summed E-state index contributed by atoms with van der Waals surface area (Å²) in [4.78, 5) is 8.43. The van der Waals surface area contributed by atoms with Gasteiger partial charge in [-0.1, -0.05) is 0 Å². The Hall–Kier alpha value is -1.66. The Balaban J connectivity index is 1.99. The third-order valence-electron chi connectivity index (χ3n) is 2.51. The van der Waals surface area contributed by atoms with Gasteiger partial charge in [0.05, 0.1) is 12.7 Å². The molecule has 0 saturated heterocycles. The van der Waals surface area contributed by atoms with Gasteiger partial charge in [0.25, 0.3) is 0 Å². The molecule has 1 unspecified atom stereocenters. The van der Waals surface area contributed by atoms with E-state index in [1.54, 1.807) is 17.4 Å². The van der Waals surface area contributed by atoms with Crippen molar-refractivity contribution in [2.45, 2.75) is 20.0 Å². The molecule has 19 heavy (non-hydrogen) atoms. The van der Waals surface area contributed by atoms with Gasteiger partial charge in [-0.15, -0.1) is 0 Å². The molecule has 0 aliphatic rings. The second kappa shape index (κ2) is 6.49. The molecular formula is C13H17N3O2S. The maximum absolute atomic E-state index is 9.98. The van der Waals surface area contributed by atoms with Gasteiger partial charge >= 0.3 is 0 Å². The minimum atomic E-state index is -0.544. The van der Waals surface area contributed by atoms with Crippen molar-refractivity contribution in [2.75, 3.05) is 18.5 Å². The maximum Gasteiger partial charge on any atom is 0.218 e. The number of nitrogens with one attached hydrogen (secondary N) is 1. The molecule has 0 aliphatic heterocycles. The van der Waals surface area contributed by atoms with Crippen LogP contribution in [0.15, 0.2) is 22.9 Å². The van der Waals surface area contributed by atoms with Gasteiger partial charge in [-0.25, -0.2) is 4.98 Å². The normalized spacial score (nSPS) is 12.2. The summed E-state index contributed by atoms with van der Waals surface area (Å²) < 4.78 is 5.35. The summed E-state index contributed by atoms with van der Waals surface area (Å²) in [7, 11) is 0. The molecule has 2 rings (SSSR count). The number of hydrogen-bond donors (Lipinski definition) is 2. The fourth-order valence-corrected chi connectivity index (χ4v) is 2.34. The lowest BCUT2D eigenvalue weighted by Crippen LogP contribution is -2.13. The predicted octanol–water partition coefficient (Wildman–Crippen LogP) is 2.39. The Bertz CT molecular complexity index is 517. The second-order valence-electron chi connectivity index (χ2n) is 4.03. The minimum absolute atomic E-state index is 0.402. The van der Waals surface area contributed by atoms with E-state index in [1.165, 1.54) is 0 Å². The van der Waals surface area contributed by atoms with E-state index < -0.39 is 6.10 Å². The molecule has 2 aromatic heterocycles. The molecular weight excluding hydrogens is 262 g/mol. The van der Waals surface area contributed by atoms with Crippen LogP contribution in [0.3, 0.4) is 0 Å². The summed E-state index contributed by atoms with van der Waals surface area (Å²) in [6, 6.07) is 3.64. The first-order valence-electron chi connectivity index (χ1n) is 6.11. The highest BCUT2D eigenvalue weighted by molar-refractivity contribution is 7.07. The van der Waals surface area contributed by atoms with Crippen LogP contribution in [0.1, 0.15) is 24.4 Å². The summed E-state index contributed by atoms with van der Waals surface area (Å²) in [6.45, 7) is 4.68. The predicted molar refractivity (Wildman–Crippen MR) is 75.7 cm³/mol. The van der Waals surface area contributed by atoms with Gasteiger partial charge in [0.2, 0.25) is 5.88 Å². The van der Waals surface area contributed by atoms with E-state index in [9.17, 15) is 5.11 Å². The Morgan fingerprint density at radius 2 is 2.32 bits per heavy atom. The van der Waals surface area contributed by atoms with E-state index in [2.05, 4.69) is 15.3 Å². The summed E-state index contributed by atoms with van der Waals surface area (Å²) in [6.07, 6.45) is -0.544. The van der Waals surface area contributed by atoms with E-state index in [-0.39, 0.29) is 0 Å². The van der Waals surface area contributed by atoms with Crippen molar-refractivity contribution in [3.8, 4) is 5.88 Å². The first-order valence-corrected chi connectivity index (χ1v) is 7.06. The molecule has 2 N–H and O–H groups in total. The largest absolute Gasteiger partial charge is 0.478 e. The van der Waals surface area contributed by atoms with Gasteiger partial charge in [0.1, 0.15) is 11.6 Å². The van der Waals surface area contributed by atoms with Crippen LogP contribution in [0.5, 0.6) is 5.88 Å². The fraction of sp³-hybridized carbons (Fsp3) is 0.385. The Morgan fingerprint density at radius 1 is 1.47 bits per heavy atom. The zero-order valence-corrected chi connectivity index (χ0v) is 11.8. The highest BCUT2D eigenvalue weighted by Crippen LogP contribution is 2.18. The maximum atomic E-state index is 9.98. The summed E-state index contributed by atoms with van der Waals surface area (Å²) in [5.74, 6) is 1.84. The first kappa shape index (κ1) is 13.8. The van der Waals surface area contributed by atoms with Gasteiger partial charge in [-0.3, -0.25) is 0 Å². The molecule has 0 radical (unpaired) electrons. The van der Waals surface area contributed by atoms with Crippen molar-refractivity contribution in [3.05, 3.63) is 34.3 Å². The second-order valence-corrected chi connectivity index (χ2v) is 4.81. The highest BCUT2D eigenvalue weighted by Gasteiger charge is 2.09. The zero-order valence-electron chi connectivity index (χ0n) is 11.0. The van der Waals surface area contributed by atoms with Crippen molar-refractivity contribution in [1.29, 1.82) is 0 Å². The third kappa shape index (κ3) is 3.90. The van der Waals surface area contributed by atoms with E-state index in [4.69, 9.17) is 4.74 Å². The average molecular weight is 279 g/mol. The fourth-order valence-electron chi connectivity index (χ4n) is 1.64. The molecule has 2 aromatic rings. The number of thiophene rings is 1. The van der Waals surface area contributed by atoms with Gasteiger partial charge in [-0.2, -0.15) is 16.3 Å². The molecule has 2 heterocycles. The number of aryl methyl sites for hydroxylation is 1. The number of ether oxygens (including phenoxy) is 1. The first-order chi connectivity index (χ1) is 9.19. The Morgan fingerprint density at radius 3 is 3.00 bits per heavy atom. The standard InChI is InChI=1S/C13H17N3O2S/c1-3-18-13-6-12(15-9(2)16-13)14-7-11(17)10-4-5-19-8-10/h4-6,8,11,17H,3,7H2,1-2H3,(H,14,15,16). The van der Waals surface area contributed by atoms with E-state index in [0.29, 0.717) is 30.7 Å². The quantitative estimate of drug-likeness (QED) is 0.850. The lowest BCUT2D eigenvalue weighted by Gasteiger charge is -2.12. The van der Waals surface area contributed by atoms with Crippen molar-refractivity contribution in [3.63, 3.8) is 0 Å². The molecule has 5 nitrogen and oxygen atoms in total. The van der Waals surface area contributed by atoms with Gasteiger partial charge in [0, 0.05) is 12.6 Å². The Labute approximate surface area is 116 Å². The number of anilines is 1. The van der Waals surface area contributed by atoms with Crippen LogP contribution >= 0.6 is 11.3 Å². The van der Waals surface area contributed by atoms with Crippen molar-refractivity contribution < 1.29 is 9.84 Å². The summed E-state index contributed by atoms with van der Waals surface area (Å²) in [5, 5.41) is 17.0. The van der Waals surface area contributed by atoms with Crippen LogP contribution in [-0.2, 0) is 0 Å². The molecule has 102 valence electrons. The molecule has 6 heteroatoms. The number of hydrogen-bond acceptors (Lipinski definition) is 6. The van der Waals surface area contributed by atoms with Crippen LogP contribution in [0.4, 0.5) is 5.82 Å². The van der Waals surface area contributed by atoms with Crippen molar-refractivity contribution in [2.24, 2.45) is 0 Å². The van der Waals surface area contributed by atoms with Gasteiger partial charge in [0.15, 0.2) is 0 Å². The van der Waals surface area contributed by atoms with Gasteiger partial charge < -0.3 is 15.2 Å². The number of aliphatic hydroxyl groups is 1. The lowest BCUT2D eigenvalue weighted by molar-refractivity contribution is 0.192. The monoisotopic (exact) mass is 279 g/mol. The lowest BCUT2D eigenvalue weighted by atomic mass is 10.2. The average Bonchev–Trinajstić information content (AvgIpc) is 2.89. The van der Waals surface area contributed by atoms with E-state index >= 15 is 0 Å². The van der Waals surface area contributed by atoms with Crippen LogP contribution in [0.2, 0.25) is 0 Å². The summed E-state index contributed by atoms with van der Waals surface area (Å²) in [5.41, 5.74) is 0.910. The van der Waals surface area contributed by atoms with Gasteiger partial charge in [-0.05, 0) is 36.2 Å². The van der Waals surface area contributed by atoms with Crippen molar-refractivity contribution in [1.82, 2.24) is 9.97 Å². The molecule has 0 aliphatic carbocycles. The van der Waals surface area contributed by atoms with E-state index in [0.717, 1.165) is 5.56 Å². The van der Waals surface area contributed by atoms with Crippen LogP contribution in [0, 0.1) is 6.92 Å². The smallest absolute Gasteiger partial charge is 0.218 e. The molecule has 0 aromatic carbocycles. The number of aromatic nitrogens is 2. The van der Waals surface area contributed by atoms with Crippen LogP contribution in [-0.4, -0.2) is 28.2 Å². The topological polar surface area (TPSA) is 67.3 Å². The minimum Gasteiger partial charge on any atom is -0.478 e. The van der Waals surface area contributed by atoms with E-state index in [1.807, 2.05) is 30.7 Å². The summed E-state index contributed by atoms with van der Waals surface area (Å²) >= 11 is 1.57. The zero-order chi connectivity index (χ0) is 13.7. The van der Waals surface area contributed by atoms with Crippen molar-refractivity contribution >= 4 is 17.2 Å². The number of rotatable bonds is 6. The highest BCUT2D eigenvalue weighted by atomic mass is 32.1. The number of aliphatic hydroxyl groups excluding tert-OH is 1. The molecule has 0 fully saturated rings. The third-order valence-corrected chi connectivity index (χ3v) is 3.21. The number of nitrogens with zero attached hydrogens (tertiary/aromatic N) is 2. The molecule has 0 amide bonds. The SMILES string of the molecule is CCOc1cc(NCC(O)c2ccsc2)nc(C)n1.